The molecule has 5 heteroatoms. The number of amides is 1. The van der Waals surface area contributed by atoms with Gasteiger partial charge in [-0.05, 0) is 62.1 Å². The first kappa shape index (κ1) is 21.8. The molecule has 166 valence electrons. The van der Waals surface area contributed by atoms with Crippen LogP contribution in [0.4, 0.5) is 0 Å². The molecule has 3 aliphatic rings. The van der Waals surface area contributed by atoms with E-state index in [4.69, 9.17) is 0 Å². The van der Waals surface area contributed by atoms with Crippen LogP contribution in [0.2, 0.25) is 0 Å². The van der Waals surface area contributed by atoms with Gasteiger partial charge in [0.15, 0.2) is 0 Å². The topological polar surface area (TPSA) is 72.8 Å². The number of fused-ring (bicyclic) bond motifs is 1. The van der Waals surface area contributed by atoms with Crippen molar-refractivity contribution in [1.29, 1.82) is 0 Å². The van der Waals surface area contributed by atoms with E-state index >= 15 is 0 Å². The van der Waals surface area contributed by atoms with Gasteiger partial charge in [0.2, 0.25) is 5.91 Å². The van der Waals surface area contributed by atoms with Crippen molar-refractivity contribution >= 4 is 5.91 Å². The Morgan fingerprint density at radius 1 is 1.10 bits per heavy atom. The number of hydrogen-bond acceptors (Lipinski definition) is 4. The highest BCUT2D eigenvalue weighted by atomic mass is 16.3. The van der Waals surface area contributed by atoms with Crippen LogP contribution in [0.1, 0.15) is 81.4 Å². The lowest BCUT2D eigenvalue weighted by atomic mass is 9.77. The van der Waals surface area contributed by atoms with E-state index in [9.17, 15) is 15.0 Å². The van der Waals surface area contributed by atoms with Crippen LogP contribution in [0.25, 0.3) is 0 Å². The van der Waals surface area contributed by atoms with Crippen LogP contribution in [0.3, 0.4) is 0 Å². The number of aliphatic hydroxyl groups excluding tert-OH is 1. The SMILES string of the molecule is O=C(CNCCC1(O)CCCCC1O)N1CCc2ccccc2C1C1CCCCC1. The summed E-state index contributed by atoms with van der Waals surface area (Å²) in [5.41, 5.74) is 1.76. The minimum atomic E-state index is -0.997. The molecule has 3 N–H and O–H groups in total. The van der Waals surface area contributed by atoms with Gasteiger partial charge in [-0.15, -0.1) is 0 Å². The van der Waals surface area contributed by atoms with Crippen molar-refractivity contribution in [3.05, 3.63) is 35.4 Å². The summed E-state index contributed by atoms with van der Waals surface area (Å²) in [5.74, 6) is 0.721. The smallest absolute Gasteiger partial charge is 0.237 e. The third-order valence-electron chi connectivity index (χ3n) is 7.72. The maximum atomic E-state index is 13.2. The fourth-order valence-corrected chi connectivity index (χ4v) is 5.93. The molecule has 1 heterocycles. The van der Waals surface area contributed by atoms with Crippen LogP contribution in [-0.2, 0) is 11.2 Å². The van der Waals surface area contributed by atoms with Crippen molar-refractivity contribution in [3.63, 3.8) is 0 Å². The molecule has 1 amide bonds. The number of aliphatic hydroxyl groups is 2. The van der Waals surface area contributed by atoms with Gasteiger partial charge in [-0.3, -0.25) is 4.79 Å². The van der Waals surface area contributed by atoms with Gasteiger partial charge in [0.1, 0.15) is 0 Å². The lowest BCUT2D eigenvalue weighted by Crippen LogP contribution is -2.49. The van der Waals surface area contributed by atoms with Crippen molar-refractivity contribution in [2.75, 3.05) is 19.6 Å². The van der Waals surface area contributed by atoms with Crippen molar-refractivity contribution in [3.8, 4) is 0 Å². The molecule has 0 spiro atoms. The molecule has 0 aromatic heterocycles. The van der Waals surface area contributed by atoms with Crippen LogP contribution in [0.15, 0.2) is 24.3 Å². The number of hydrogen-bond donors (Lipinski definition) is 3. The van der Waals surface area contributed by atoms with Crippen LogP contribution in [0, 0.1) is 5.92 Å². The highest BCUT2D eigenvalue weighted by Gasteiger charge is 2.38. The third kappa shape index (κ3) is 4.74. The van der Waals surface area contributed by atoms with E-state index in [-0.39, 0.29) is 11.9 Å². The zero-order chi connectivity index (χ0) is 21.0. The zero-order valence-corrected chi connectivity index (χ0v) is 18.2. The second-order valence-electron chi connectivity index (χ2n) is 9.67. The lowest BCUT2D eigenvalue weighted by Gasteiger charge is -2.43. The molecule has 1 aliphatic heterocycles. The van der Waals surface area contributed by atoms with Crippen molar-refractivity contribution < 1.29 is 15.0 Å². The first-order valence-corrected chi connectivity index (χ1v) is 12.1. The largest absolute Gasteiger partial charge is 0.390 e. The molecule has 2 aliphatic carbocycles. The molecule has 5 nitrogen and oxygen atoms in total. The average molecular weight is 415 g/mol. The summed E-state index contributed by atoms with van der Waals surface area (Å²) < 4.78 is 0. The molecular formula is C25H38N2O3. The highest BCUT2D eigenvalue weighted by molar-refractivity contribution is 5.79. The minimum absolute atomic E-state index is 0.163. The number of rotatable bonds is 6. The molecule has 30 heavy (non-hydrogen) atoms. The van der Waals surface area contributed by atoms with Gasteiger partial charge >= 0.3 is 0 Å². The monoisotopic (exact) mass is 414 g/mol. The number of benzene rings is 1. The Bertz CT molecular complexity index is 718. The fraction of sp³-hybridized carbons (Fsp3) is 0.720. The molecule has 3 unspecified atom stereocenters. The first-order valence-electron chi connectivity index (χ1n) is 12.1. The van der Waals surface area contributed by atoms with Crippen LogP contribution in [0.5, 0.6) is 0 Å². The molecule has 3 atom stereocenters. The Balaban J connectivity index is 1.37. The zero-order valence-electron chi connectivity index (χ0n) is 18.2. The van der Waals surface area contributed by atoms with Gasteiger partial charge in [0.05, 0.1) is 24.3 Å². The number of carbonyl (C=O) groups is 1. The van der Waals surface area contributed by atoms with Crippen molar-refractivity contribution in [2.45, 2.75) is 88.4 Å². The number of nitrogens with one attached hydrogen (secondary N) is 1. The molecule has 1 aromatic carbocycles. The molecule has 2 fully saturated rings. The molecule has 0 radical (unpaired) electrons. The summed E-state index contributed by atoms with van der Waals surface area (Å²) in [5, 5.41) is 24.1. The molecule has 2 saturated carbocycles. The Morgan fingerprint density at radius 2 is 1.87 bits per heavy atom. The highest BCUT2D eigenvalue weighted by Crippen LogP contribution is 2.42. The van der Waals surface area contributed by atoms with Gasteiger partial charge in [-0.2, -0.15) is 0 Å². The fourth-order valence-electron chi connectivity index (χ4n) is 5.93. The standard InChI is InChI=1S/C25H38N2O3/c28-22-12-6-7-14-25(22,30)15-16-26-18-23(29)27-17-13-19-8-4-5-11-21(19)24(27)20-9-2-1-3-10-20/h4-5,8,11,20,22,24,26,28,30H,1-3,6-7,9-10,12-18H2. The Morgan fingerprint density at radius 3 is 2.67 bits per heavy atom. The Hall–Kier alpha value is -1.43. The van der Waals surface area contributed by atoms with E-state index in [0.29, 0.717) is 38.3 Å². The quantitative estimate of drug-likeness (QED) is 0.624. The van der Waals surface area contributed by atoms with Gasteiger partial charge in [-0.1, -0.05) is 56.4 Å². The molecule has 1 aromatic rings. The molecule has 0 bridgehead atoms. The Kier molecular flexibility index (Phi) is 7.12. The van der Waals surface area contributed by atoms with Gasteiger partial charge < -0.3 is 20.4 Å². The van der Waals surface area contributed by atoms with Gasteiger partial charge in [0.25, 0.3) is 0 Å². The predicted octanol–water partition coefficient (Wildman–Crippen LogP) is 3.34. The van der Waals surface area contributed by atoms with Crippen LogP contribution < -0.4 is 5.32 Å². The average Bonchev–Trinajstić information content (AvgIpc) is 2.78. The van der Waals surface area contributed by atoms with E-state index in [0.717, 1.165) is 25.8 Å². The summed E-state index contributed by atoms with van der Waals surface area (Å²) in [4.78, 5) is 15.3. The lowest BCUT2D eigenvalue weighted by molar-refractivity contribution is -0.135. The summed E-state index contributed by atoms with van der Waals surface area (Å²) in [7, 11) is 0. The van der Waals surface area contributed by atoms with Gasteiger partial charge in [-0.25, -0.2) is 0 Å². The second-order valence-corrected chi connectivity index (χ2v) is 9.67. The molecule has 0 saturated heterocycles. The van der Waals surface area contributed by atoms with E-state index in [1.54, 1.807) is 0 Å². The van der Waals surface area contributed by atoms with Gasteiger partial charge in [0, 0.05) is 6.54 Å². The second kappa shape index (κ2) is 9.80. The molecule has 4 rings (SSSR count). The maximum absolute atomic E-state index is 13.2. The molecular weight excluding hydrogens is 376 g/mol. The van der Waals surface area contributed by atoms with Crippen molar-refractivity contribution in [1.82, 2.24) is 10.2 Å². The first-order chi connectivity index (χ1) is 14.6. The predicted molar refractivity (Wildman–Crippen MR) is 118 cm³/mol. The summed E-state index contributed by atoms with van der Waals surface area (Å²) >= 11 is 0. The third-order valence-corrected chi connectivity index (χ3v) is 7.72. The van der Waals surface area contributed by atoms with E-state index in [1.165, 1.54) is 43.2 Å². The van der Waals surface area contributed by atoms with E-state index < -0.39 is 11.7 Å². The number of carbonyl (C=O) groups excluding carboxylic acids is 1. The Labute approximate surface area is 180 Å². The van der Waals surface area contributed by atoms with E-state index in [2.05, 4.69) is 34.5 Å². The number of nitrogens with zero attached hydrogens (tertiary/aromatic N) is 1. The van der Waals surface area contributed by atoms with E-state index in [1.807, 2.05) is 0 Å². The summed E-state index contributed by atoms with van der Waals surface area (Å²) in [6, 6.07) is 8.87. The van der Waals surface area contributed by atoms with Crippen LogP contribution >= 0.6 is 0 Å². The summed E-state index contributed by atoms with van der Waals surface area (Å²) in [6.45, 7) is 1.65. The van der Waals surface area contributed by atoms with Crippen molar-refractivity contribution in [2.24, 2.45) is 5.92 Å². The van der Waals surface area contributed by atoms with Crippen LogP contribution in [-0.4, -0.2) is 52.4 Å². The summed E-state index contributed by atoms with van der Waals surface area (Å²) in [6.07, 6.45) is 10.3. The maximum Gasteiger partial charge on any atom is 0.237 e. The normalized spacial score (nSPS) is 30.1. The minimum Gasteiger partial charge on any atom is -0.390 e.